The molecule has 0 radical (unpaired) electrons. The maximum Gasteiger partial charge on any atom is 0.340 e. The van der Waals surface area contributed by atoms with Crippen LogP contribution in [0, 0.1) is 11.6 Å². The highest BCUT2D eigenvalue weighted by Crippen LogP contribution is 2.44. The number of carbonyl (C=O) groups excluding carboxylic acids is 1. The number of sulfone groups is 1. The van der Waals surface area contributed by atoms with E-state index in [0.717, 1.165) is 18.4 Å². The minimum absolute atomic E-state index is 0.126. The Morgan fingerprint density at radius 2 is 1.50 bits per heavy atom. The molecule has 0 N–H and O–H groups in total. The number of ether oxygens (including phenoxy) is 1. The maximum absolute atomic E-state index is 13.6. The van der Waals surface area contributed by atoms with Crippen LogP contribution in [0.1, 0.15) is 25.0 Å². The van der Waals surface area contributed by atoms with Crippen LogP contribution in [-0.2, 0) is 19.4 Å². The van der Waals surface area contributed by atoms with Crippen LogP contribution >= 0.6 is 0 Å². The molecule has 4 nitrogen and oxygen atoms in total. The Morgan fingerprint density at radius 1 is 0.923 bits per heavy atom. The van der Waals surface area contributed by atoms with Crippen LogP contribution in [-0.4, -0.2) is 26.2 Å². The molecule has 3 rings (SSSR count). The van der Waals surface area contributed by atoms with Crippen molar-refractivity contribution in [2.75, 3.05) is 6.26 Å². The third kappa shape index (κ3) is 3.14. The molecule has 0 aliphatic carbocycles. The van der Waals surface area contributed by atoms with Gasteiger partial charge in [0.05, 0.1) is 10.5 Å². The lowest BCUT2D eigenvalue weighted by atomic mass is 9.87. The molecular weight excluding hydrogens is 362 g/mol. The van der Waals surface area contributed by atoms with Crippen molar-refractivity contribution < 1.29 is 26.7 Å². The Morgan fingerprint density at radius 3 is 2.04 bits per heavy atom. The molecule has 0 atom stereocenters. The Balaban J connectivity index is 2.23. The third-order valence-electron chi connectivity index (χ3n) is 4.18. The van der Waals surface area contributed by atoms with Gasteiger partial charge in [-0.05, 0) is 49.2 Å². The first-order chi connectivity index (χ1) is 12.0. The Bertz CT molecular complexity index is 1040. The van der Waals surface area contributed by atoms with Gasteiger partial charge in [-0.25, -0.2) is 22.0 Å². The molecule has 1 aliphatic heterocycles. The van der Waals surface area contributed by atoms with Crippen molar-refractivity contribution >= 4 is 27.0 Å². The summed E-state index contributed by atoms with van der Waals surface area (Å²) in [5, 5.41) is 0. The molecule has 0 saturated heterocycles. The molecule has 0 aromatic heterocycles. The fourth-order valence-electron chi connectivity index (χ4n) is 3.01. The summed E-state index contributed by atoms with van der Waals surface area (Å²) < 4.78 is 55.6. The summed E-state index contributed by atoms with van der Waals surface area (Å²) in [6.07, 6.45) is 1.10. The molecule has 2 aromatic rings. The summed E-state index contributed by atoms with van der Waals surface area (Å²) in [5.74, 6) is -2.73. The molecule has 0 amide bonds. The van der Waals surface area contributed by atoms with Gasteiger partial charge in [0, 0.05) is 11.8 Å². The fourth-order valence-corrected chi connectivity index (χ4v) is 3.64. The van der Waals surface area contributed by atoms with E-state index < -0.39 is 33.0 Å². The normalized spacial score (nSPS) is 16.7. The van der Waals surface area contributed by atoms with Gasteiger partial charge in [0.1, 0.15) is 5.60 Å². The number of carbonyl (C=O) groups is 1. The minimum atomic E-state index is -3.36. The van der Waals surface area contributed by atoms with E-state index in [0.29, 0.717) is 11.1 Å². The second kappa shape index (κ2) is 6.02. The van der Waals surface area contributed by atoms with Gasteiger partial charge in [-0.2, -0.15) is 0 Å². The van der Waals surface area contributed by atoms with Crippen LogP contribution in [0.3, 0.4) is 0 Å². The predicted molar refractivity (Wildman–Crippen MR) is 92.9 cm³/mol. The minimum Gasteiger partial charge on any atom is -0.451 e. The van der Waals surface area contributed by atoms with Crippen LogP contribution < -0.4 is 0 Å². The van der Waals surface area contributed by atoms with Gasteiger partial charge < -0.3 is 4.74 Å². The van der Waals surface area contributed by atoms with E-state index in [1.54, 1.807) is 26.0 Å². The number of cyclic esters (lactones) is 1. The summed E-state index contributed by atoms with van der Waals surface area (Å²) in [6, 6.07) is 9.18. The summed E-state index contributed by atoms with van der Waals surface area (Å²) >= 11 is 0. The van der Waals surface area contributed by atoms with Gasteiger partial charge in [-0.15, -0.1) is 0 Å². The maximum atomic E-state index is 13.6. The van der Waals surface area contributed by atoms with E-state index in [2.05, 4.69) is 0 Å². The molecule has 0 bridgehead atoms. The van der Waals surface area contributed by atoms with E-state index in [4.69, 9.17) is 4.74 Å². The first kappa shape index (κ1) is 18.3. The second-order valence-corrected chi connectivity index (χ2v) is 8.59. The number of hydrogen-bond acceptors (Lipinski definition) is 4. The van der Waals surface area contributed by atoms with Gasteiger partial charge in [0.25, 0.3) is 0 Å². The largest absolute Gasteiger partial charge is 0.451 e. The van der Waals surface area contributed by atoms with Gasteiger partial charge >= 0.3 is 5.97 Å². The van der Waals surface area contributed by atoms with Crippen molar-refractivity contribution in [1.29, 1.82) is 0 Å². The second-order valence-electron chi connectivity index (χ2n) is 6.58. The van der Waals surface area contributed by atoms with Gasteiger partial charge in [0.2, 0.25) is 0 Å². The third-order valence-corrected chi connectivity index (χ3v) is 5.31. The zero-order valence-corrected chi connectivity index (χ0v) is 15.2. The number of halogens is 2. The summed E-state index contributed by atoms with van der Waals surface area (Å²) in [6.45, 7) is 3.36. The molecular formula is C19H16F2O4S. The molecule has 7 heteroatoms. The number of esters is 1. The topological polar surface area (TPSA) is 60.4 Å². The molecule has 1 heterocycles. The van der Waals surface area contributed by atoms with Crippen LogP contribution in [0.4, 0.5) is 8.78 Å². The monoisotopic (exact) mass is 378 g/mol. The summed E-state index contributed by atoms with van der Waals surface area (Å²) in [4.78, 5) is 12.5. The van der Waals surface area contributed by atoms with E-state index in [1.165, 1.54) is 18.2 Å². The SMILES string of the molecule is CC1(C)OC(=O)C(c2ccc(F)c(F)c2)=C1c1ccc(S(C)(=O)=O)cc1. The molecule has 26 heavy (non-hydrogen) atoms. The lowest BCUT2D eigenvalue weighted by Gasteiger charge is -2.21. The highest BCUT2D eigenvalue weighted by atomic mass is 32.2. The van der Waals surface area contributed by atoms with E-state index in [9.17, 15) is 22.0 Å². The van der Waals surface area contributed by atoms with Gasteiger partial charge in [-0.1, -0.05) is 18.2 Å². The first-order valence-corrected chi connectivity index (χ1v) is 9.64. The van der Waals surface area contributed by atoms with E-state index in [1.807, 2.05) is 0 Å². The highest BCUT2D eigenvalue weighted by Gasteiger charge is 2.41. The summed E-state index contributed by atoms with van der Waals surface area (Å²) in [7, 11) is -3.36. The lowest BCUT2D eigenvalue weighted by molar-refractivity contribution is -0.141. The van der Waals surface area contributed by atoms with Crippen LogP contribution in [0.5, 0.6) is 0 Å². The van der Waals surface area contributed by atoms with Crippen molar-refractivity contribution in [1.82, 2.24) is 0 Å². The van der Waals surface area contributed by atoms with Crippen molar-refractivity contribution in [2.24, 2.45) is 0 Å². The zero-order chi connectivity index (χ0) is 19.3. The smallest absolute Gasteiger partial charge is 0.340 e. The van der Waals surface area contributed by atoms with Gasteiger partial charge in [-0.3, -0.25) is 0 Å². The van der Waals surface area contributed by atoms with E-state index >= 15 is 0 Å². The summed E-state index contributed by atoms with van der Waals surface area (Å²) in [5.41, 5.74) is 0.355. The molecule has 0 fully saturated rings. The van der Waals surface area contributed by atoms with Crippen LogP contribution in [0.15, 0.2) is 47.4 Å². The Hall–Kier alpha value is -2.54. The molecule has 0 saturated carbocycles. The van der Waals surface area contributed by atoms with Gasteiger partial charge in [0.15, 0.2) is 21.5 Å². The lowest BCUT2D eigenvalue weighted by Crippen LogP contribution is -2.22. The number of hydrogen-bond donors (Lipinski definition) is 0. The predicted octanol–water partition coefficient (Wildman–Crippen LogP) is 3.61. The van der Waals surface area contributed by atoms with Crippen LogP contribution in [0.25, 0.3) is 11.1 Å². The first-order valence-electron chi connectivity index (χ1n) is 7.75. The standard InChI is InChI=1S/C19H16F2O4S/c1-19(2)17(11-4-7-13(8-5-11)26(3,23)24)16(18(22)25-19)12-6-9-14(20)15(21)10-12/h4-10H,1-3H3. The Kier molecular flexibility index (Phi) is 4.23. The molecule has 0 unspecified atom stereocenters. The fraction of sp³-hybridized carbons (Fsp3) is 0.211. The van der Waals surface area contributed by atoms with Crippen molar-refractivity contribution in [3.05, 3.63) is 65.2 Å². The average molecular weight is 378 g/mol. The molecule has 1 aliphatic rings. The Labute approximate surface area is 150 Å². The van der Waals surface area contributed by atoms with Crippen molar-refractivity contribution in [3.63, 3.8) is 0 Å². The number of benzene rings is 2. The molecule has 2 aromatic carbocycles. The van der Waals surface area contributed by atoms with Crippen molar-refractivity contribution in [2.45, 2.75) is 24.3 Å². The zero-order valence-electron chi connectivity index (χ0n) is 14.3. The molecule has 136 valence electrons. The number of rotatable bonds is 3. The highest BCUT2D eigenvalue weighted by molar-refractivity contribution is 7.90. The van der Waals surface area contributed by atoms with Crippen molar-refractivity contribution in [3.8, 4) is 0 Å². The quantitative estimate of drug-likeness (QED) is 0.766. The average Bonchev–Trinajstić information content (AvgIpc) is 2.78. The molecule has 0 spiro atoms. The van der Waals surface area contributed by atoms with E-state index in [-0.39, 0.29) is 16.0 Å². The van der Waals surface area contributed by atoms with Crippen LogP contribution in [0.2, 0.25) is 0 Å².